The van der Waals surface area contributed by atoms with Crippen LogP contribution in [-0.2, 0) is 29.4 Å². The van der Waals surface area contributed by atoms with E-state index in [1.807, 2.05) is 36.4 Å². The minimum absolute atomic E-state index is 0.252. The van der Waals surface area contributed by atoms with Crippen LogP contribution < -0.4 is 4.72 Å². The Morgan fingerprint density at radius 3 is 2.45 bits per heavy atom. The Kier molecular flexibility index (Phi) is 5.36. The van der Waals surface area contributed by atoms with Crippen LogP contribution in [0.3, 0.4) is 0 Å². The first-order valence-corrected chi connectivity index (χ1v) is 11.2. The summed E-state index contributed by atoms with van der Waals surface area (Å²) in [6.07, 6.45) is 1.57. The third-order valence-electron chi connectivity index (χ3n) is 4.92. The second-order valence-electron chi connectivity index (χ2n) is 6.88. The minimum atomic E-state index is -3.59. The highest BCUT2D eigenvalue weighted by Gasteiger charge is 2.14. The van der Waals surface area contributed by atoms with Crippen molar-refractivity contribution in [2.24, 2.45) is 0 Å². The summed E-state index contributed by atoms with van der Waals surface area (Å²) in [4.78, 5) is 5.02. The molecule has 0 aliphatic heterocycles. The highest BCUT2D eigenvalue weighted by Crippen LogP contribution is 2.20. The Balaban J connectivity index is 1.52. The molecule has 3 aromatic carbocycles. The highest BCUT2D eigenvalue weighted by atomic mass is 32.2. The molecular weight excluding hydrogens is 382 g/mol. The number of para-hydroxylation sites is 2. The molecule has 0 atom stereocenters. The van der Waals surface area contributed by atoms with E-state index in [4.69, 9.17) is 4.98 Å². The Bertz CT molecular complexity index is 1230. The average Bonchev–Trinajstić information content (AvgIpc) is 3.10. The lowest BCUT2D eigenvalue weighted by Crippen LogP contribution is -2.13. The lowest BCUT2D eigenvalue weighted by Gasteiger charge is -2.10. The molecule has 4 aromatic rings. The number of sulfonamides is 1. The summed E-state index contributed by atoms with van der Waals surface area (Å²) >= 11 is 0. The number of aromatic nitrogens is 2. The maximum Gasteiger partial charge on any atom is 0.261 e. The fourth-order valence-corrected chi connectivity index (χ4v) is 4.60. The molecule has 29 heavy (non-hydrogen) atoms. The van der Waals surface area contributed by atoms with Gasteiger partial charge in [0.2, 0.25) is 0 Å². The van der Waals surface area contributed by atoms with Crippen LogP contribution in [0.1, 0.15) is 18.3 Å². The summed E-state index contributed by atoms with van der Waals surface area (Å²) < 4.78 is 30.0. The molecule has 0 unspecified atom stereocenters. The molecule has 148 valence electrons. The van der Waals surface area contributed by atoms with E-state index in [-0.39, 0.29) is 4.90 Å². The number of hydrogen-bond donors (Lipinski definition) is 1. The van der Waals surface area contributed by atoms with Crippen LogP contribution >= 0.6 is 0 Å². The lowest BCUT2D eigenvalue weighted by molar-refractivity contribution is 0.601. The van der Waals surface area contributed by atoms with Gasteiger partial charge in [0.25, 0.3) is 10.0 Å². The number of benzene rings is 3. The van der Waals surface area contributed by atoms with Gasteiger partial charge in [0.15, 0.2) is 0 Å². The van der Waals surface area contributed by atoms with Gasteiger partial charge in [-0.3, -0.25) is 4.72 Å². The summed E-state index contributed by atoms with van der Waals surface area (Å²) in [5.41, 5.74) is 3.78. The molecule has 0 aliphatic rings. The number of anilines is 1. The molecule has 0 saturated carbocycles. The SMILES string of the molecule is CCn1c(CCc2cccc(NS(=O)(=O)c3ccccc3)c2)nc2ccccc21. The van der Waals surface area contributed by atoms with Crippen LogP contribution in [0.25, 0.3) is 11.0 Å². The normalized spacial score (nSPS) is 11.6. The van der Waals surface area contributed by atoms with E-state index in [1.54, 1.807) is 36.4 Å². The lowest BCUT2D eigenvalue weighted by atomic mass is 10.1. The second-order valence-corrected chi connectivity index (χ2v) is 8.56. The summed E-state index contributed by atoms with van der Waals surface area (Å²) in [6, 6.07) is 24.1. The van der Waals surface area contributed by atoms with Gasteiger partial charge in [0.1, 0.15) is 5.82 Å². The van der Waals surface area contributed by atoms with E-state index in [2.05, 4.69) is 22.3 Å². The van der Waals surface area contributed by atoms with Crippen LogP contribution in [0.5, 0.6) is 0 Å². The molecule has 1 aromatic heterocycles. The van der Waals surface area contributed by atoms with Gasteiger partial charge in [-0.15, -0.1) is 0 Å². The molecule has 5 nitrogen and oxygen atoms in total. The van der Waals surface area contributed by atoms with Crippen LogP contribution in [-0.4, -0.2) is 18.0 Å². The van der Waals surface area contributed by atoms with E-state index in [0.717, 1.165) is 41.8 Å². The van der Waals surface area contributed by atoms with Crippen molar-refractivity contribution in [2.75, 3.05) is 4.72 Å². The molecule has 0 aliphatic carbocycles. The average molecular weight is 406 g/mol. The maximum absolute atomic E-state index is 12.6. The van der Waals surface area contributed by atoms with Crippen LogP contribution in [0.4, 0.5) is 5.69 Å². The van der Waals surface area contributed by atoms with Crippen molar-refractivity contribution >= 4 is 26.7 Å². The van der Waals surface area contributed by atoms with Crippen molar-refractivity contribution in [1.82, 2.24) is 9.55 Å². The number of nitrogens with zero attached hydrogens (tertiary/aromatic N) is 2. The van der Waals surface area contributed by atoms with Crippen LogP contribution in [0.15, 0.2) is 83.8 Å². The topological polar surface area (TPSA) is 64.0 Å². The number of hydrogen-bond acceptors (Lipinski definition) is 3. The Morgan fingerprint density at radius 2 is 1.66 bits per heavy atom. The number of rotatable bonds is 7. The zero-order valence-electron chi connectivity index (χ0n) is 16.2. The molecule has 0 saturated heterocycles. The maximum atomic E-state index is 12.6. The minimum Gasteiger partial charge on any atom is -0.328 e. The van der Waals surface area contributed by atoms with Crippen molar-refractivity contribution in [3.05, 3.63) is 90.3 Å². The Morgan fingerprint density at radius 1 is 0.897 bits per heavy atom. The smallest absolute Gasteiger partial charge is 0.261 e. The third-order valence-corrected chi connectivity index (χ3v) is 6.32. The zero-order chi connectivity index (χ0) is 20.3. The van der Waals surface area contributed by atoms with Gasteiger partial charge in [0.05, 0.1) is 15.9 Å². The van der Waals surface area contributed by atoms with Crippen LogP contribution in [0, 0.1) is 0 Å². The number of aryl methyl sites for hydroxylation is 3. The van der Waals surface area contributed by atoms with Gasteiger partial charge in [-0.1, -0.05) is 42.5 Å². The summed E-state index contributed by atoms with van der Waals surface area (Å²) in [6.45, 7) is 2.99. The molecule has 0 amide bonds. The van der Waals surface area contributed by atoms with Crippen molar-refractivity contribution in [3.63, 3.8) is 0 Å². The monoisotopic (exact) mass is 405 g/mol. The van der Waals surface area contributed by atoms with Crippen molar-refractivity contribution in [3.8, 4) is 0 Å². The quantitative estimate of drug-likeness (QED) is 0.487. The molecule has 0 radical (unpaired) electrons. The highest BCUT2D eigenvalue weighted by molar-refractivity contribution is 7.92. The van der Waals surface area contributed by atoms with Gasteiger partial charge < -0.3 is 4.57 Å². The second kappa shape index (κ2) is 8.09. The van der Waals surface area contributed by atoms with Crippen molar-refractivity contribution in [1.29, 1.82) is 0 Å². The van der Waals surface area contributed by atoms with Gasteiger partial charge in [-0.25, -0.2) is 13.4 Å². The largest absolute Gasteiger partial charge is 0.328 e. The van der Waals surface area contributed by atoms with E-state index in [0.29, 0.717) is 5.69 Å². The molecule has 0 fully saturated rings. The van der Waals surface area contributed by atoms with Crippen molar-refractivity contribution < 1.29 is 8.42 Å². The van der Waals surface area contributed by atoms with Gasteiger partial charge in [-0.2, -0.15) is 0 Å². The Labute approximate surface area is 171 Å². The van der Waals surface area contributed by atoms with Crippen molar-refractivity contribution in [2.45, 2.75) is 31.2 Å². The predicted molar refractivity (Wildman–Crippen MR) is 117 cm³/mol. The van der Waals surface area contributed by atoms with Gasteiger partial charge >= 0.3 is 0 Å². The predicted octanol–water partition coefficient (Wildman–Crippen LogP) is 4.64. The molecule has 0 spiro atoms. The fourth-order valence-electron chi connectivity index (χ4n) is 3.53. The molecule has 0 bridgehead atoms. The third kappa shape index (κ3) is 4.17. The summed E-state index contributed by atoms with van der Waals surface area (Å²) in [7, 11) is -3.59. The molecule has 1 N–H and O–H groups in total. The zero-order valence-corrected chi connectivity index (χ0v) is 17.1. The molecule has 4 rings (SSSR count). The van der Waals surface area contributed by atoms with Gasteiger partial charge in [0, 0.05) is 18.7 Å². The molecule has 6 heteroatoms. The van der Waals surface area contributed by atoms with E-state index in [9.17, 15) is 8.42 Å². The number of imidazole rings is 1. The molecular formula is C23H23N3O2S. The first kappa shape index (κ1) is 19.2. The van der Waals surface area contributed by atoms with Gasteiger partial charge in [-0.05, 0) is 55.3 Å². The first-order valence-electron chi connectivity index (χ1n) is 9.68. The first-order chi connectivity index (χ1) is 14.1. The summed E-state index contributed by atoms with van der Waals surface area (Å²) in [5, 5.41) is 0. The summed E-state index contributed by atoms with van der Waals surface area (Å²) in [5.74, 6) is 1.05. The fraction of sp³-hybridized carbons (Fsp3) is 0.174. The van der Waals surface area contributed by atoms with E-state index < -0.39 is 10.0 Å². The number of fused-ring (bicyclic) bond motifs is 1. The van der Waals surface area contributed by atoms with Crippen LogP contribution in [0.2, 0.25) is 0 Å². The number of nitrogens with one attached hydrogen (secondary N) is 1. The Hall–Kier alpha value is -3.12. The van der Waals surface area contributed by atoms with E-state index >= 15 is 0 Å². The van der Waals surface area contributed by atoms with E-state index in [1.165, 1.54) is 0 Å². The molecule has 1 heterocycles. The standard InChI is InChI=1S/C23H23N3O2S/c1-2-26-22-14-7-6-13-21(22)24-23(26)16-15-18-9-8-10-19(17-18)25-29(27,28)20-11-4-3-5-12-20/h3-14,17,25H,2,15-16H2,1H3.